The van der Waals surface area contributed by atoms with Gasteiger partial charge in [-0.3, -0.25) is 4.98 Å². The highest BCUT2D eigenvalue weighted by Crippen LogP contribution is 2.06. The number of pyridine rings is 1. The van der Waals surface area contributed by atoms with Crippen molar-refractivity contribution in [2.75, 3.05) is 5.75 Å². The van der Waals surface area contributed by atoms with E-state index in [1.165, 1.54) is 18.5 Å². The maximum atomic E-state index is 11.1. The Balaban J connectivity index is 3.14. The summed E-state index contributed by atoms with van der Waals surface area (Å²) in [7, 11) is -3.12. The topological polar surface area (TPSA) is 47.0 Å². The smallest absolute Gasteiger partial charge is 0.180 e. The fourth-order valence-corrected chi connectivity index (χ4v) is 1.42. The minimum atomic E-state index is -3.12. The lowest BCUT2D eigenvalue weighted by molar-refractivity contribution is 0.596. The third-order valence-corrected chi connectivity index (χ3v) is 2.95. The zero-order valence-electron chi connectivity index (χ0n) is 6.11. The molecule has 0 unspecified atom stereocenters. The minimum absolute atomic E-state index is 0.0925. The lowest BCUT2D eigenvalue weighted by atomic mass is 10.5. The molecule has 0 spiro atoms. The van der Waals surface area contributed by atoms with Gasteiger partial charge in [0.05, 0.1) is 10.6 Å². The van der Waals surface area contributed by atoms with E-state index in [9.17, 15) is 8.42 Å². The summed E-state index contributed by atoms with van der Waals surface area (Å²) in [5, 5.41) is 0. The molecule has 3 nitrogen and oxygen atoms in total. The average molecular weight is 170 g/mol. The Bertz CT molecular complexity index is 318. The number of rotatable bonds is 2. The Kier molecular flexibility index (Phi) is 2.24. The van der Waals surface area contributed by atoms with Crippen LogP contribution in [0.3, 0.4) is 0 Å². The second-order valence-corrected chi connectivity index (χ2v) is 4.25. The van der Waals surface area contributed by atoms with Gasteiger partial charge in [-0.1, -0.05) is 6.92 Å². The predicted molar refractivity (Wildman–Crippen MR) is 40.8 cm³/mol. The van der Waals surface area contributed by atoms with Gasteiger partial charge in [-0.25, -0.2) is 8.42 Å². The first-order chi connectivity index (χ1) is 5.17. The number of aromatic nitrogens is 1. The van der Waals surface area contributed by atoms with Crippen molar-refractivity contribution in [1.29, 1.82) is 0 Å². The van der Waals surface area contributed by atoms with E-state index in [1.54, 1.807) is 6.92 Å². The van der Waals surface area contributed by atoms with Gasteiger partial charge in [0.1, 0.15) is 0 Å². The van der Waals surface area contributed by atoms with Crippen molar-refractivity contribution in [2.24, 2.45) is 0 Å². The van der Waals surface area contributed by atoms with Crippen LogP contribution < -0.4 is 0 Å². The monoisotopic (exact) mass is 170 g/mol. The van der Waals surface area contributed by atoms with Gasteiger partial charge in [-0.15, -0.1) is 0 Å². The molecule has 1 heterocycles. The van der Waals surface area contributed by atoms with Crippen LogP contribution in [0.4, 0.5) is 0 Å². The summed E-state index contributed by atoms with van der Waals surface area (Å²) in [6.45, 7) is 1.59. The Labute approximate surface area is 66.0 Å². The van der Waals surface area contributed by atoms with E-state index in [0.717, 1.165) is 0 Å². The van der Waals surface area contributed by atoms with E-state index in [-0.39, 0.29) is 10.6 Å². The molecule has 11 heavy (non-hydrogen) atoms. The third kappa shape index (κ3) is 1.77. The van der Waals surface area contributed by atoms with Gasteiger partial charge in [0.2, 0.25) is 0 Å². The summed E-state index contributed by atoms with van der Waals surface area (Å²) in [5.74, 6) is 0.0925. The van der Waals surface area contributed by atoms with Crippen LogP contribution in [0.1, 0.15) is 6.92 Å². The molecule has 1 radical (unpaired) electrons. The molecule has 0 aliphatic rings. The van der Waals surface area contributed by atoms with Gasteiger partial charge in [-0.05, 0) is 6.07 Å². The van der Waals surface area contributed by atoms with Gasteiger partial charge in [-0.2, -0.15) is 0 Å². The van der Waals surface area contributed by atoms with Gasteiger partial charge in [0, 0.05) is 18.5 Å². The zero-order valence-corrected chi connectivity index (χ0v) is 6.93. The lowest BCUT2D eigenvalue weighted by Gasteiger charge is -1.96. The number of nitrogens with zero attached hydrogens (tertiary/aromatic N) is 1. The van der Waals surface area contributed by atoms with E-state index < -0.39 is 9.84 Å². The van der Waals surface area contributed by atoms with E-state index in [2.05, 4.69) is 11.1 Å². The molecule has 0 N–H and O–H groups in total. The Morgan fingerprint density at radius 3 is 2.82 bits per heavy atom. The molecule has 0 aliphatic carbocycles. The van der Waals surface area contributed by atoms with Crippen LogP contribution in [0, 0.1) is 6.07 Å². The first-order valence-corrected chi connectivity index (χ1v) is 4.86. The predicted octanol–water partition coefficient (Wildman–Crippen LogP) is 0.675. The van der Waals surface area contributed by atoms with E-state index in [4.69, 9.17) is 0 Å². The molecule has 0 aromatic carbocycles. The van der Waals surface area contributed by atoms with Crippen LogP contribution in [0.15, 0.2) is 23.4 Å². The first-order valence-electron chi connectivity index (χ1n) is 3.21. The van der Waals surface area contributed by atoms with Gasteiger partial charge < -0.3 is 0 Å². The molecule has 1 rings (SSSR count). The van der Waals surface area contributed by atoms with Crippen molar-refractivity contribution in [3.05, 3.63) is 24.5 Å². The fourth-order valence-electron chi connectivity index (χ4n) is 0.636. The molecule has 1 aromatic heterocycles. The number of sulfone groups is 1. The van der Waals surface area contributed by atoms with E-state index in [0.29, 0.717) is 0 Å². The van der Waals surface area contributed by atoms with Gasteiger partial charge in [0.25, 0.3) is 0 Å². The normalized spacial score (nSPS) is 11.4. The van der Waals surface area contributed by atoms with Crippen molar-refractivity contribution in [2.45, 2.75) is 11.8 Å². The Hall–Kier alpha value is -0.900. The minimum Gasteiger partial charge on any atom is -0.263 e. The molecule has 0 fully saturated rings. The Morgan fingerprint density at radius 1 is 1.64 bits per heavy atom. The maximum absolute atomic E-state index is 11.1. The molecule has 0 saturated heterocycles. The molecular formula is C7H8NO2S. The van der Waals surface area contributed by atoms with E-state index in [1.807, 2.05) is 0 Å². The number of hydrogen-bond acceptors (Lipinski definition) is 3. The second kappa shape index (κ2) is 3.00. The molecule has 59 valence electrons. The quantitative estimate of drug-likeness (QED) is 0.655. The largest absolute Gasteiger partial charge is 0.263 e. The average Bonchev–Trinajstić information content (AvgIpc) is 2.06. The highest BCUT2D eigenvalue weighted by molar-refractivity contribution is 7.91. The van der Waals surface area contributed by atoms with Crippen LogP contribution in [-0.4, -0.2) is 19.2 Å². The molecule has 0 aliphatic heterocycles. The van der Waals surface area contributed by atoms with Crippen molar-refractivity contribution < 1.29 is 8.42 Å². The lowest BCUT2D eigenvalue weighted by Crippen LogP contribution is -2.03. The van der Waals surface area contributed by atoms with Crippen LogP contribution in [0.5, 0.6) is 0 Å². The molecule has 1 aromatic rings. The van der Waals surface area contributed by atoms with Crippen molar-refractivity contribution in [1.82, 2.24) is 4.98 Å². The van der Waals surface area contributed by atoms with Crippen molar-refractivity contribution >= 4 is 9.84 Å². The zero-order chi connectivity index (χ0) is 8.32. The summed E-state index contributed by atoms with van der Waals surface area (Å²) in [4.78, 5) is 3.86. The fraction of sp³-hybridized carbons (Fsp3) is 0.286. The van der Waals surface area contributed by atoms with E-state index >= 15 is 0 Å². The molecule has 0 bridgehead atoms. The number of hydrogen-bond donors (Lipinski definition) is 0. The highest BCUT2D eigenvalue weighted by Gasteiger charge is 2.10. The van der Waals surface area contributed by atoms with Crippen LogP contribution >= 0.6 is 0 Å². The molecule has 0 amide bonds. The summed E-state index contributed by atoms with van der Waals surface area (Å²) in [6, 6.07) is 4.10. The van der Waals surface area contributed by atoms with Gasteiger partial charge in [0.15, 0.2) is 9.84 Å². The van der Waals surface area contributed by atoms with Crippen LogP contribution in [0.2, 0.25) is 0 Å². The highest BCUT2D eigenvalue weighted by atomic mass is 32.2. The van der Waals surface area contributed by atoms with Crippen molar-refractivity contribution in [3.63, 3.8) is 0 Å². The third-order valence-electron chi connectivity index (χ3n) is 1.29. The summed E-state index contributed by atoms with van der Waals surface area (Å²) >= 11 is 0. The second-order valence-electron chi connectivity index (χ2n) is 2.01. The molecule has 0 atom stereocenters. The maximum Gasteiger partial charge on any atom is 0.180 e. The molecular weight excluding hydrogens is 162 g/mol. The molecule has 4 heteroatoms. The summed E-state index contributed by atoms with van der Waals surface area (Å²) in [6.07, 6.45) is 2.80. The SMILES string of the molecule is CCS(=O)(=O)c1[c]ccnc1. The van der Waals surface area contributed by atoms with Gasteiger partial charge >= 0.3 is 0 Å². The standard InChI is InChI=1S/C7H8NO2S/c1-2-11(9,10)7-4-3-5-8-6-7/h3,5-6H,2H2,1H3. The summed E-state index contributed by atoms with van der Waals surface area (Å²) in [5.41, 5.74) is 0. The summed E-state index contributed by atoms with van der Waals surface area (Å²) < 4.78 is 22.3. The van der Waals surface area contributed by atoms with Crippen LogP contribution in [-0.2, 0) is 9.84 Å². The Morgan fingerprint density at radius 2 is 2.36 bits per heavy atom. The van der Waals surface area contributed by atoms with Crippen molar-refractivity contribution in [3.8, 4) is 0 Å². The first kappa shape index (κ1) is 8.20. The van der Waals surface area contributed by atoms with Crippen LogP contribution in [0.25, 0.3) is 0 Å². The molecule has 0 saturated carbocycles.